The molecule has 1 aliphatic carbocycles. The fourth-order valence-electron chi connectivity index (χ4n) is 4.59. The molecule has 3 aromatic rings. The van der Waals surface area contributed by atoms with Gasteiger partial charge in [-0.3, -0.25) is 9.59 Å². The maximum atomic E-state index is 14.7. The van der Waals surface area contributed by atoms with E-state index < -0.39 is 6.04 Å². The van der Waals surface area contributed by atoms with Crippen molar-refractivity contribution < 1.29 is 14.0 Å². The van der Waals surface area contributed by atoms with Crippen molar-refractivity contribution in [3.05, 3.63) is 101 Å². The normalized spacial score (nSPS) is 14.4. The number of benzene rings is 3. The standard InChI is InChI=1S/C30H33FN2O2S/c1-22-15-17-26(18-16-22)36-21-29(34)33(20-24-11-5-8-14-27(24)31)28(19-23-9-3-2-4-10-23)30(35)32-25-12-6-7-13-25/h2-5,8-11,14-18,25,28H,6-7,12-13,19-21H2,1H3,(H,32,35)/t28-/m0/s1. The van der Waals surface area contributed by atoms with Crippen LogP contribution in [0.15, 0.2) is 83.8 Å². The molecule has 4 rings (SSSR count). The molecule has 4 nitrogen and oxygen atoms in total. The second kappa shape index (κ2) is 12.7. The van der Waals surface area contributed by atoms with Crippen LogP contribution in [0.1, 0.15) is 42.4 Å². The van der Waals surface area contributed by atoms with Gasteiger partial charge in [-0.1, -0.05) is 79.1 Å². The van der Waals surface area contributed by atoms with Gasteiger partial charge < -0.3 is 10.2 Å². The molecule has 0 radical (unpaired) electrons. The number of amides is 2. The highest BCUT2D eigenvalue weighted by Gasteiger charge is 2.32. The largest absolute Gasteiger partial charge is 0.352 e. The summed E-state index contributed by atoms with van der Waals surface area (Å²) in [6, 6.07) is 23.6. The topological polar surface area (TPSA) is 49.4 Å². The van der Waals surface area contributed by atoms with Crippen LogP contribution in [0.2, 0.25) is 0 Å². The van der Waals surface area contributed by atoms with Gasteiger partial charge in [0.2, 0.25) is 11.8 Å². The molecule has 36 heavy (non-hydrogen) atoms. The zero-order chi connectivity index (χ0) is 25.3. The third kappa shape index (κ3) is 7.20. The Labute approximate surface area is 217 Å². The lowest BCUT2D eigenvalue weighted by atomic mass is 10.0. The molecular weight excluding hydrogens is 471 g/mol. The number of halogens is 1. The summed E-state index contributed by atoms with van der Waals surface area (Å²) < 4.78 is 14.7. The predicted molar refractivity (Wildman–Crippen MR) is 143 cm³/mol. The molecule has 1 aliphatic rings. The minimum atomic E-state index is -0.737. The first-order valence-corrected chi connectivity index (χ1v) is 13.5. The quantitative estimate of drug-likeness (QED) is 0.349. The van der Waals surface area contributed by atoms with Crippen LogP contribution >= 0.6 is 11.8 Å². The average Bonchev–Trinajstić information content (AvgIpc) is 3.40. The highest BCUT2D eigenvalue weighted by Crippen LogP contribution is 2.23. The first-order valence-electron chi connectivity index (χ1n) is 12.6. The van der Waals surface area contributed by atoms with Crippen molar-refractivity contribution in [1.82, 2.24) is 10.2 Å². The summed E-state index contributed by atoms with van der Waals surface area (Å²) in [6.45, 7) is 2.06. The van der Waals surface area contributed by atoms with Crippen LogP contribution < -0.4 is 5.32 Å². The van der Waals surface area contributed by atoms with Crippen molar-refractivity contribution in [3.8, 4) is 0 Å². The summed E-state index contributed by atoms with van der Waals surface area (Å²) in [4.78, 5) is 29.9. The minimum absolute atomic E-state index is 0.0373. The number of thioether (sulfide) groups is 1. The number of carbonyl (C=O) groups excluding carboxylic acids is 2. The van der Waals surface area contributed by atoms with Gasteiger partial charge in [0.1, 0.15) is 11.9 Å². The van der Waals surface area contributed by atoms with E-state index >= 15 is 0 Å². The van der Waals surface area contributed by atoms with Gasteiger partial charge in [0.05, 0.1) is 5.75 Å². The van der Waals surface area contributed by atoms with E-state index in [4.69, 9.17) is 0 Å². The number of nitrogens with zero attached hydrogens (tertiary/aromatic N) is 1. The van der Waals surface area contributed by atoms with E-state index in [9.17, 15) is 14.0 Å². The predicted octanol–water partition coefficient (Wildman–Crippen LogP) is 5.93. The van der Waals surface area contributed by atoms with Gasteiger partial charge in [-0.25, -0.2) is 4.39 Å². The monoisotopic (exact) mass is 504 g/mol. The van der Waals surface area contributed by atoms with Crippen molar-refractivity contribution in [2.45, 2.75) is 62.6 Å². The Morgan fingerprint density at radius 1 is 0.972 bits per heavy atom. The van der Waals surface area contributed by atoms with Crippen molar-refractivity contribution in [2.24, 2.45) is 0 Å². The van der Waals surface area contributed by atoms with E-state index in [1.165, 1.54) is 17.8 Å². The lowest BCUT2D eigenvalue weighted by Gasteiger charge is -2.32. The lowest BCUT2D eigenvalue weighted by Crippen LogP contribution is -2.52. The highest BCUT2D eigenvalue weighted by atomic mass is 32.2. The molecule has 188 valence electrons. The van der Waals surface area contributed by atoms with Crippen LogP contribution in [-0.4, -0.2) is 34.6 Å². The van der Waals surface area contributed by atoms with Gasteiger partial charge >= 0.3 is 0 Å². The van der Waals surface area contributed by atoms with Crippen LogP contribution in [0.5, 0.6) is 0 Å². The van der Waals surface area contributed by atoms with Gasteiger partial charge in [0.25, 0.3) is 0 Å². The Morgan fingerprint density at radius 3 is 2.33 bits per heavy atom. The number of carbonyl (C=O) groups is 2. The third-order valence-corrected chi connectivity index (χ3v) is 7.65. The Balaban J connectivity index is 1.61. The van der Waals surface area contributed by atoms with E-state index in [1.807, 2.05) is 61.5 Å². The van der Waals surface area contributed by atoms with Crippen LogP contribution in [0.4, 0.5) is 4.39 Å². The summed E-state index contributed by atoms with van der Waals surface area (Å²) in [5, 5.41) is 3.18. The molecule has 0 aromatic heterocycles. The summed E-state index contributed by atoms with van der Waals surface area (Å²) in [5.41, 5.74) is 2.51. The van der Waals surface area contributed by atoms with Gasteiger partial charge in [0, 0.05) is 29.5 Å². The van der Waals surface area contributed by atoms with Gasteiger partial charge in [-0.05, 0) is 43.5 Å². The maximum Gasteiger partial charge on any atom is 0.243 e. The molecule has 0 bridgehead atoms. The van der Waals surface area contributed by atoms with Crippen molar-refractivity contribution >= 4 is 23.6 Å². The molecule has 1 saturated carbocycles. The molecule has 1 N–H and O–H groups in total. The third-order valence-electron chi connectivity index (χ3n) is 6.65. The van der Waals surface area contributed by atoms with Crippen LogP contribution in [-0.2, 0) is 22.6 Å². The van der Waals surface area contributed by atoms with Gasteiger partial charge in [-0.2, -0.15) is 0 Å². The van der Waals surface area contributed by atoms with Gasteiger partial charge in [0.15, 0.2) is 0 Å². The number of hydrogen-bond acceptors (Lipinski definition) is 3. The molecule has 2 amide bonds. The Bertz CT molecular complexity index is 1150. The molecule has 0 spiro atoms. The Hall–Kier alpha value is -3.12. The number of hydrogen-bond donors (Lipinski definition) is 1. The second-order valence-electron chi connectivity index (χ2n) is 9.41. The van der Waals surface area contributed by atoms with Crippen LogP contribution in [0.3, 0.4) is 0 Å². The van der Waals surface area contributed by atoms with Crippen molar-refractivity contribution in [1.29, 1.82) is 0 Å². The minimum Gasteiger partial charge on any atom is -0.352 e. The highest BCUT2D eigenvalue weighted by molar-refractivity contribution is 8.00. The Morgan fingerprint density at radius 2 is 1.64 bits per heavy atom. The van der Waals surface area contributed by atoms with E-state index in [1.54, 1.807) is 23.1 Å². The maximum absolute atomic E-state index is 14.7. The van der Waals surface area contributed by atoms with E-state index in [0.717, 1.165) is 41.7 Å². The first-order chi connectivity index (χ1) is 17.5. The van der Waals surface area contributed by atoms with E-state index in [-0.39, 0.29) is 36.0 Å². The fraction of sp³-hybridized carbons (Fsp3) is 0.333. The summed E-state index contributed by atoms with van der Waals surface area (Å²) >= 11 is 1.43. The second-order valence-corrected chi connectivity index (χ2v) is 10.5. The zero-order valence-corrected chi connectivity index (χ0v) is 21.5. The Kier molecular flexibility index (Phi) is 9.17. The van der Waals surface area contributed by atoms with E-state index in [0.29, 0.717) is 12.0 Å². The molecule has 6 heteroatoms. The van der Waals surface area contributed by atoms with Crippen LogP contribution in [0, 0.1) is 12.7 Å². The first kappa shape index (κ1) is 26.0. The number of aryl methyl sites for hydroxylation is 1. The lowest BCUT2D eigenvalue weighted by molar-refractivity contribution is -0.139. The average molecular weight is 505 g/mol. The smallest absolute Gasteiger partial charge is 0.243 e. The summed E-state index contributed by atoms with van der Waals surface area (Å²) in [7, 11) is 0. The number of nitrogens with one attached hydrogen (secondary N) is 1. The molecule has 0 heterocycles. The molecule has 3 aromatic carbocycles. The van der Waals surface area contributed by atoms with Crippen molar-refractivity contribution in [3.63, 3.8) is 0 Å². The van der Waals surface area contributed by atoms with E-state index in [2.05, 4.69) is 5.32 Å². The molecule has 0 aliphatic heterocycles. The summed E-state index contributed by atoms with van der Waals surface area (Å²) in [5.74, 6) is -0.572. The van der Waals surface area contributed by atoms with Gasteiger partial charge in [-0.15, -0.1) is 11.8 Å². The van der Waals surface area contributed by atoms with Crippen molar-refractivity contribution in [2.75, 3.05) is 5.75 Å². The number of rotatable bonds is 10. The molecule has 0 saturated heterocycles. The SMILES string of the molecule is Cc1ccc(SCC(=O)N(Cc2ccccc2F)[C@@H](Cc2ccccc2)C(=O)NC2CCCC2)cc1. The molecule has 1 fully saturated rings. The molecular formula is C30H33FN2O2S. The molecule has 0 unspecified atom stereocenters. The zero-order valence-electron chi connectivity index (χ0n) is 20.7. The van der Waals surface area contributed by atoms with Crippen LogP contribution in [0.25, 0.3) is 0 Å². The molecule has 1 atom stereocenters. The summed E-state index contributed by atoms with van der Waals surface area (Å²) in [6.07, 6.45) is 4.47. The fourth-order valence-corrected chi connectivity index (χ4v) is 5.38.